The summed E-state index contributed by atoms with van der Waals surface area (Å²) in [6, 6.07) is 6.37. The van der Waals surface area contributed by atoms with E-state index in [-0.39, 0.29) is 37.0 Å². The number of rotatable bonds is 6. The van der Waals surface area contributed by atoms with Gasteiger partial charge in [0, 0.05) is 29.6 Å². The second-order valence-electron chi connectivity index (χ2n) is 6.59. The Morgan fingerprint density at radius 3 is 2.93 bits per heavy atom. The molecule has 1 fully saturated rings. The second-order valence-corrected chi connectivity index (χ2v) is 7.89. The largest absolute Gasteiger partial charge is 0.335 e. The number of carbonyl (C=O) groups excluding carboxylic acids is 1. The molecule has 1 aliphatic carbocycles. The molecule has 0 spiro atoms. The van der Waals surface area contributed by atoms with Gasteiger partial charge in [-0.25, -0.2) is 9.37 Å². The van der Waals surface area contributed by atoms with E-state index in [1.54, 1.807) is 23.1 Å². The van der Waals surface area contributed by atoms with Crippen LogP contribution in [-0.4, -0.2) is 26.4 Å². The molecule has 5 nitrogen and oxygen atoms in total. The second kappa shape index (κ2) is 7.40. The SMILES string of the molecule is O=C(CCn1cnc2sccc2c1=O)N(Cc1c(F)cccc1Cl)C1CC1. The average molecular weight is 406 g/mol. The van der Waals surface area contributed by atoms with E-state index in [1.807, 2.05) is 5.38 Å². The molecule has 1 aliphatic rings. The summed E-state index contributed by atoms with van der Waals surface area (Å²) >= 11 is 7.52. The Morgan fingerprint density at radius 1 is 1.37 bits per heavy atom. The van der Waals surface area contributed by atoms with Crippen LogP contribution in [0, 0.1) is 5.82 Å². The lowest BCUT2D eigenvalue weighted by Gasteiger charge is -2.23. The highest BCUT2D eigenvalue weighted by Crippen LogP contribution is 2.31. The molecule has 0 aliphatic heterocycles. The Balaban J connectivity index is 1.49. The molecule has 140 valence electrons. The van der Waals surface area contributed by atoms with Gasteiger partial charge >= 0.3 is 0 Å². The highest BCUT2D eigenvalue weighted by atomic mass is 35.5. The minimum Gasteiger partial charge on any atom is -0.335 e. The average Bonchev–Trinajstić information content (AvgIpc) is 3.36. The maximum atomic E-state index is 14.1. The lowest BCUT2D eigenvalue weighted by molar-refractivity contribution is -0.132. The van der Waals surface area contributed by atoms with Crippen LogP contribution < -0.4 is 5.56 Å². The molecule has 27 heavy (non-hydrogen) atoms. The normalized spacial score (nSPS) is 13.9. The molecule has 0 unspecified atom stereocenters. The molecule has 0 radical (unpaired) electrons. The zero-order valence-corrected chi connectivity index (χ0v) is 16.0. The van der Waals surface area contributed by atoms with Crippen molar-refractivity contribution < 1.29 is 9.18 Å². The van der Waals surface area contributed by atoms with Gasteiger partial charge in [0.15, 0.2) is 0 Å². The van der Waals surface area contributed by atoms with E-state index in [2.05, 4.69) is 4.98 Å². The molecule has 3 aromatic rings. The molecule has 1 aromatic carbocycles. The minimum atomic E-state index is -0.413. The number of fused-ring (bicyclic) bond motifs is 1. The van der Waals surface area contributed by atoms with Crippen molar-refractivity contribution in [1.29, 1.82) is 0 Å². The number of aromatic nitrogens is 2. The third kappa shape index (κ3) is 3.75. The quantitative estimate of drug-likeness (QED) is 0.626. The molecule has 8 heteroatoms. The molecule has 0 atom stereocenters. The van der Waals surface area contributed by atoms with E-state index in [9.17, 15) is 14.0 Å². The first-order chi connectivity index (χ1) is 13.0. The zero-order valence-electron chi connectivity index (χ0n) is 14.4. The van der Waals surface area contributed by atoms with Crippen LogP contribution in [0.1, 0.15) is 24.8 Å². The van der Waals surface area contributed by atoms with Crippen molar-refractivity contribution >= 4 is 39.1 Å². The fourth-order valence-electron chi connectivity index (χ4n) is 3.07. The minimum absolute atomic E-state index is 0.113. The summed E-state index contributed by atoms with van der Waals surface area (Å²) in [6.07, 6.45) is 3.43. The van der Waals surface area contributed by atoms with Crippen LogP contribution in [0.2, 0.25) is 5.02 Å². The fourth-order valence-corrected chi connectivity index (χ4v) is 4.02. The van der Waals surface area contributed by atoms with Gasteiger partial charge in [-0.3, -0.25) is 14.2 Å². The summed E-state index contributed by atoms with van der Waals surface area (Å²) in [4.78, 5) is 31.8. The van der Waals surface area contributed by atoms with Crippen molar-refractivity contribution in [1.82, 2.24) is 14.5 Å². The van der Waals surface area contributed by atoms with Crippen LogP contribution in [0.4, 0.5) is 4.39 Å². The van der Waals surface area contributed by atoms with Gasteiger partial charge in [-0.2, -0.15) is 0 Å². The van der Waals surface area contributed by atoms with E-state index in [1.165, 1.54) is 28.3 Å². The Labute approximate surface area is 164 Å². The number of amides is 1. The number of hydrogen-bond acceptors (Lipinski definition) is 4. The lowest BCUT2D eigenvalue weighted by Crippen LogP contribution is -2.34. The van der Waals surface area contributed by atoms with Gasteiger partial charge in [0.05, 0.1) is 18.3 Å². The third-order valence-corrected chi connectivity index (χ3v) is 5.89. The number of carbonyl (C=O) groups is 1. The van der Waals surface area contributed by atoms with Crippen molar-refractivity contribution in [3.8, 4) is 0 Å². The van der Waals surface area contributed by atoms with Gasteiger partial charge in [-0.15, -0.1) is 11.3 Å². The van der Waals surface area contributed by atoms with Gasteiger partial charge in [0.1, 0.15) is 10.6 Å². The van der Waals surface area contributed by atoms with E-state index in [0.717, 1.165) is 12.8 Å². The van der Waals surface area contributed by atoms with Crippen molar-refractivity contribution in [2.45, 2.75) is 38.4 Å². The number of benzene rings is 1. The van der Waals surface area contributed by atoms with E-state index in [4.69, 9.17) is 11.6 Å². The van der Waals surface area contributed by atoms with Crippen molar-refractivity contribution in [2.24, 2.45) is 0 Å². The Bertz CT molecular complexity index is 1040. The molecular weight excluding hydrogens is 389 g/mol. The van der Waals surface area contributed by atoms with Crippen LogP contribution in [0.25, 0.3) is 10.2 Å². The zero-order chi connectivity index (χ0) is 19.0. The lowest BCUT2D eigenvalue weighted by atomic mass is 10.2. The third-order valence-electron chi connectivity index (χ3n) is 4.72. The number of nitrogens with zero attached hydrogens (tertiary/aromatic N) is 3. The maximum absolute atomic E-state index is 14.1. The van der Waals surface area contributed by atoms with E-state index >= 15 is 0 Å². The molecule has 1 amide bonds. The van der Waals surface area contributed by atoms with Crippen LogP contribution in [0.3, 0.4) is 0 Å². The van der Waals surface area contributed by atoms with Gasteiger partial charge in [0.25, 0.3) is 5.56 Å². The van der Waals surface area contributed by atoms with Gasteiger partial charge in [-0.1, -0.05) is 17.7 Å². The summed E-state index contributed by atoms with van der Waals surface area (Å²) in [5.41, 5.74) is 0.183. The molecule has 2 heterocycles. The molecule has 0 N–H and O–H groups in total. The van der Waals surface area contributed by atoms with Crippen LogP contribution >= 0.6 is 22.9 Å². The maximum Gasteiger partial charge on any atom is 0.262 e. The Kier molecular flexibility index (Phi) is 4.97. The number of aryl methyl sites for hydroxylation is 1. The summed E-state index contributed by atoms with van der Waals surface area (Å²) in [7, 11) is 0. The van der Waals surface area contributed by atoms with Gasteiger partial charge in [0.2, 0.25) is 5.91 Å². The first kappa shape index (κ1) is 18.1. The Morgan fingerprint density at radius 2 is 2.19 bits per heavy atom. The number of thiophene rings is 1. The Hall–Kier alpha value is -2.25. The predicted octanol–water partition coefficient (Wildman–Crippen LogP) is 3.83. The first-order valence-electron chi connectivity index (χ1n) is 8.69. The number of hydrogen-bond donors (Lipinski definition) is 0. The fraction of sp³-hybridized carbons (Fsp3) is 0.316. The van der Waals surface area contributed by atoms with Gasteiger partial charge in [-0.05, 0) is 36.4 Å². The summed E-state index contributed by atoms with van der Waals surface area (Å²) < 4.78 is 15.6. The van der Waals surface area contributed by atoms with E-state index in [0.29, 0.717) is 20.8 Å². The topological polar surface area (TPSA) is 55.2 Å². The molecule has 0 saturated heterocycles. The molecular formula is C19H17ClFN3O2S. The van der Waals surface area contributed by atoms with E-state index < -0.39 is 5.82 Å². The molecule has 1 saturated carbocycles. The summed E-state index contributed by atoms with van der Waals surface area (Å²) in [6.45, 7) is 0.385. The molecule has 4 rings (SSSR count). The molecule has 0 bridgehead atoms. The highest BCUT2D eigenvalue weighted by Gasteiger charge is 2.33. The van der Waals surface area contributed by atoms with Crippen molar-refractivity contribution in [2.75, 3.05) is 0 Å². The van der Waals surface area contributed by atoms with Crippen molar-refractivity contribution in [3.63, 3.8) is 0 Å². The summed E-state index contributed by atoms with van der Waals surface area (Å²) in [5, 5.41) is 2.70. The van der Waals surface area contributed by atoms with Gasteiger partial charge < -0.3 is 4.90 Å². The first-order valence-corrected chi connectivity index (χ1v) is 9.95. The monoisotopic (exact) mass is 405 g/mol. The smallest absolute Gasteiger partial charge is 0.262 e. The number of halogens is 2. The van der Waals surface area contributed by atoms with Crippen molar-refractivity contribution in [3.05, 3.63) is 62.7 Å². The summed E-state index contributed by atoms with van der Waals surface area (Å²) in [5.74, 6) is -0.529. The predicted molar refractivity (Wildman–Crippen MR) is 103 cm³/mol. The van der Waals surface area contributed by atoms with Crippen LogP contribution in [-0.2, 0) is 17.9 Å². The molecule has 2 aromatic heterocycles. The van der Waals surface area contributed by atoms with Crippen LogP contribution in [0.15, 0.2) is 40.8 Å². The standard InChI is InChI=1S/C19H17ClFN3O2S/c20-15-2-1-3-16(21)14(15)10-24(12-4-5-12)17(25)6-8-23-11-22-18-13(19(23)26)7-9-27-18/h1-3,7,9,11-12H,4-6,8,10H2. The van der Waals surface area contributed by atoms with Crippen LogP contribution in [0.5, 0.6) is 0 Å². The highest BCUT2D eigenvalue weighted by molar-refractivity contribution is 7.16.